The summed E-state index contributed by atoms with van der Waals surface area (Å²) in [4.78, 5) is 40.3. The van der Waals surface area contributed by atoms with Crippen LogP contribution in [0.25, 0.3) is 11.3 Å². The summed E-state index contributed by atoms with van der Waals surface area (Å²) < 4.78 is 52.2. The van der Waals surface area contributed by atoms with Gasteiger partial charge in [-0.05, 0) is 40.8 Å². The molecule has 10 heteroatoms. The van der Waals surface area contributed by atoms with Crippen molar-refractivity contribution in [3.63, 3.8) is 0 Å². The number of nitrogens with one attached hydrogen (secondary N) is 3. The molecule has 0 saturated heterocycles. The Balaban J connectivity index is 1.92. The van der Waals surface area contributed by atoms with Gasteiger partial charge in [-0.15, -0.1) is 0 Å². The van der Waals surface area contributed by atoms with Crippen molar-refractivity contribution in [2.45, 2.75) is 39.0 Å². The Kier molecular flexibility index (Phi) is 8.29. The summed E-state index contributed by atoms with van der Waals surface area (Å²) in [6, 6.07) is 14.2. The minimum Gasteiger partial charge on any atom is -0.376 e. The van der Waals surface area contributed by atoms with Crippen LogP contribution in [0, 0.1) is 11.7 Å². The number of rotatable bonds is 9. The van der Waals surface area contributed by atoms with Gasteiger partial charge in [-0.2, -0.15) is 13.2 Å². The zero-order chi connectivity index (χ0) is 26.5. The van der Waals surface area contributed by atoms with Crippen molar-refractivity contribution < 1.29 is 27.2 Å². The van der Waals surface area contributed by atoms with E-state index in [0.717, 1.165) is 0 Å². The van der Waals surface area contributed by atoms with Gasteiger partial charge in [0.2, 0.25) is 5.91 Å². The molecule has 1 unspecified atom stereocenters. The largest absolute Gasteiger partial charge is 0.452 e. The highest BCUT2D eigenvalue weighted by atomic mass is 19.4. The minimum atomic E-state index is -5.10. The fourth-order valence-electron chi connectivity index (χ4n) is 3.62. The fourth-order valence-corrected chi connectivity index (χ4v) is 3.62. The molecule has 1 atom stereocenters. The molecule has 3 rings (SSSR count). The molecule has 6 nitrogen and oxygen atoms in total. The third-order valence-corrected chi connectivity index (χ3v) is 5.48. The molecular weight excluding hydrogens is 478 g/mol. The number of aromatic amines is 1. The summed E-state index contributed by atoms with van der Waals surface area (Å²) >= 11 is 0. The highest BCUT2D eigenvalue weighted by Gasteiger charge is 2.45. The number of ketones is 1. The SMILES string of the molecule is CC(C)C(NC(=O)Cc1cc(-c2ccccc2)[nH]c(=O)c1NCc1ccc(F)cc1)C(=O)C(F)(F)F. The third-order valence-electron chi connectivity index (χ3n) is 5.48. The molecule has 0 aliphatic rings. The molecule has 0 aliphatic carbocycles. The van der Waals surface area contributed by atoms with Crippen LogP contribution < -0.4 is 16.2 Å². The predicted molar refractivity (Wildman–Crippen MR) is 128 cm³/mol. The van der Waals surface area contributed by atoms with Crippen molar-refractivity contribution in [1.29, 1.82) is 0 Å². The van der Waals surface area contributed by atoms with E-state index in [9.17, 15) is 31.9 Å². The normalized spacial score (nSPS) is 12.3. The van der Waals surface area contributed by atoms with Gasteiger partial charge in [0.1, 0.15) is 11.5 Å². The van der Waals surface area contributed by atoms with E-state index in [0.29, 0.717) is 16.8 Å². The highest BCUT2D eigenvalue weighted by molar-refractivity contribution is 5.93. The first-order chi connectivity index (χ1) is 17.0. The van der Waals surface area contributed by atoms with Crippen LogP contribution in [0.4, 0.5) is 23.2 Å². The van der Waals surface area contributed by atoms with Crippen LogP contribution in [0.1, 0.15) is 25.0 Å². The topological polar surface area (TPSA) is 91.1 Å². The number of Topliss-reactive ketones (excluding diaryl/α,β-unsaturated/α-hetero) is 1. The van der Waals surface area contributed by atoms with Gasteiger partial charge in [0.25, 0.3) is 11.3 Å². The molecule has 0 spiro atoms. The molecule has 0 aliphatic heterocycles. The van der Waals surface area contributed by atoms with E-state index < -0.39 is 47.6 Å². The molecule has 1 amide bonds. The van der Waals surface area contributed by atoms with Gasteiger partial charge in [0, 0.05) is 12.2 Å². The molecule has 3 N–H and O–H groups in total. The lowest BCUT2D eigenvalue weighted by molar-refractivity contribution is -0.174. The number of carbonyl (C=O) groups is 2. The number of carbonyl (C=O) groups excluding carboxylic acids is 2. The zero-order valence-corrected chi connectivity index (χ0v) is 19.6. The number of pyridine rings is 1. The van der Waals surface area contributed by atoms with Crippen molar-refractivity contribution in [2.75, 3.05) is 5.32 Å². The second kappa shape index (κ2) is 11.2. The van der Waals surface area contributed by atoms with Crippen LogP contribution in [-0.2, 0) is 22.6 Å². The zero-order valence-electron chi connectivity index (χ0n) is 19.6. The van der Waals surface area contributed by atoms with Gasteiger partial charge in [-0.3, -0.25) is 14.4 Å². The lowest BCUT2D eigenvalue weighted by Crippen LogP contribution is -2.50. The fraction of sp³-hybridized carbons (Fsp3) is 0.269. The summed E-state index contributed by atoms with van der Waals surface area (Å²) in [5.74, 6) is -4.12. The maximum atomic E-state index is 13.2. The summed E-state index contributed by atoms with van der Waals surface area (Å²) in [6.07, 6.45) is -5.56. The standard InChI is InChI=1S/C26H25F4N3O3/c1-15(2)22(24(35)26(28,29)30)33-21(34)13-18-12-20(17-6-4-3-5-7-17)32-25(36)23(18)31-14-16-8-10-19(27)11-9-16/h3-12,15,22,31H,13-14H2,1-2H3,(H,32,36)(H,33,34). The monoisotopic (exact) mass is 503 g/mol. The predicted octanol–water partition coefficient (Wildman–Crippen LogP) is 4.61. The minimum absolute atomic E-state index is 0.0393. The first-order valence-electron chi connectivity index (χ1n) is 11.2. The third kappa shape index (κ3) is 6.80. The Labute approximate surface area is 204 Å². The van der Waals surface area contributed by atoms with E-state index in [2.05, 4.69) is 15.6 Å². The van der Waals surface area contributed by atoms with Crippen molar-refractivity contribution in [3.8, 4) is 11.3 Å². The maximum Gasteiger partial charge on any atom is 0.452 e. The number of alkyl halides is 3. The van der Waals surface area contributed by atoms with Gasteiger partial charge < -0.3 is 15.6 Å². The maximum absolute atomic E-state index is 13.2. The average molecular weight is 503 g/mol. The van der Waals surface area contributed by atoms with Gasteiger partial charge in [-0.1, -0.05) is 56.3 Å². The van der Waals surface area contributed by atoms with Crippen LogP contribution in [-0.4, -0.2) is 28.9 Å². The Morgan fingerprint density at radius 1 is 1.00 bits per heavy atom. The number of benzene rings is 2. The average Bonchev–Trinajstić information content (AvgIpc) is 2.82. The number of halogens is 4. The van der Waals surface area contributed by atoms with Gasteiger partial charge >= 0.3 is 6.18 Å². The van der Waals surface area contributed by atoms with Crippen molar-refractivity contribution >= 4 is 17.4 Å². The summed E-state index contributed by atoms with van der Waals surface area (Å²) in [6.45, 7) is 2.92. The van der Waals surface area contributed by atoms with E-state index >= 15 is 0 Å². The van der Waals surface area contributed by atoms with E-state index in [-0.39, 0.29) is 17.8 Å². The second-order valence-electron chi connectivity index (χ2n) is 8.59. The molecular formula is C26H25F4N3O3. The quantitative estimate of drug-likeness (QED) is 0.372. The van der Waals surface area contributed by atoms with Crippen LogP contribution in [0.15, 0.2) is 65.5 Å². The molecule has 0 saturated carbocycles. The van der Waals surface area contributed by atoms with E-state index in [4.69, 9.17) is 0 Å². The van der Waals surface area contributed by atoms with Gasteiger partial charge in [-0.25, -0.2) is 4.39 Å². The first-order valence-corrected chi connectivity index (χ1v) is 11.2. The number of amides is 1. The lowest BCUT2D eigenvalue weighted by Gasteiger charge is -2.22. The number of hydrogen-bond donors (Lipinski definition) is 3. The molecule has 2 aromatic carbocycles. The van der Waals surface area contributed by atoms with Crippen LogP contribution in [0.5, 0.6) is 0 Å². The number of anilines is 1. The molecule has 3 aromatic rings. The van der Waals surface area contributed by atoms with Crippen LogP contribution in [0.2, 0.25) is 0 Å². The Morgan fingerprint density at radius 2 is 1.64 bits per heavy atom. The summed E-state index contributed by atoms with van der Waals surface area (Å²) in [7, 11) is 0. The summed E-state index contributed by atoms with van der Waals surface area (Å²) in [5.41, 5.74) is 1.44. The van der Waals surface area contributed by atoms with E-state index in [1.165, 1.54) is 38.1 Å². The van der Waals surface area contributed by atoms with E-state index in [1.807, 2.05) is 0 Å². The molecule has 1 aromatic heterocycles. The number of aromatic nitrogens is 1. The molecule has 0 fully saturated rings. The lowest BCUT2D eigenvalue weighted by atomic mass is 9.98. The molecule has 0 radical (unpaired) electrons. The summed E-state index contributed by atoms with van der Waals surface area (Å²) in [5, 5.41) is 5.10. The molecule has 190 valence electrons. The molecule has 1 heterocycles. The Bertz CT molecular complexity index is 1270. The Morgan fingerprint density at radius 3 is 2.22 bits per heavy atom. The number of hydrogen-bond acceptors (Lipinski definition) is 4. The van der Waals surface area contributed by atoms with E-state index in [1.54, 1.807) is 36.4 Å². The van der Waals surface area contributed by atoms with Crippen molar-refractivity contribution in [1.82, 2.24) is 10.3 Å². The Hall–Kier alpha value is -3.95. The first kappa shape index (κ1) is 26.7. The van der Waals surface area contributed by atoms with Gasteiger partial charge in [0.05, 0.1) is 12.5 Å². The second-order valence-corrected chi connectivity index (χ2v) is 8.59. The molecule has 36 heavy (non-hydrogen) atoms. The van der Waals surface area contributed by atoms with Gasteiger partial charge in [0.15, 0.2) is 0 Å². The smallest absolute Gasteiger partial charge is 0.376 e. The van der Waals surface area contributed by atoms with Crippen LogP contribution >= 0.6 is 0 Å². The van der Waals surface area contributed by atoms with Crippen molar-refractivity contribution in [3.05, 3.63) is 88.0 Å². The molecule has 0 bridgehead atoms. The van der Waals surface area contributed by atoms with Crippen LogP contribution in [0.3, 0.4) is 0 Å². The van der Waals surface area contributed by atoms with Crippen molar-refractivity contribution in [2.24, 2.45) is 5.92 Å². The highest BCUT2D eigenvalue weighted by Crippen LogP contribution is 2.23. The number of H-pyrrole nitrogens is 1.